The summed E-state index contributed by atoms with van der Waals surface area (Å²) >= 11 is 0. The molecule has 0 saturated carbocycles. The van der Waals surface area contributed by atoms with E-state index in [1.807, 2.05) is 0 Å². The summed E-state index contributed by atoms with van der Waals surface area (Å²) in [5.41, 5.74) is 24.8. The van der Waals surface area contributed by atoms with Gasteiger partial charge in [0.15, 0.2) is 0 Å². The second-order valence-electron chi connectivity index (χ2n) is 22.9. The molecule has 2 aliphatic heterocycles. The van der Waals surface area contributed by atoms with Gasteiger partial charge in [-0.05, 0) is 176 Å². The molecule has 2 nitrogen and oxygen atoms in total. The van der Waals surface area contributed by atoms with Gasteiger partial charge in [0.25, 0.3) is 6.71 Å². The van der Waals surface area contributed by atoms with Crippen molar-refractivity contribution in [2.75, 3.05) is 9.80 Å². The van der Waals surface area contributed by atoms with E-state index in [0.717, 1.165) is 0 Å². The van der Waals surface area contributed by atoms with Crippen LogP contribution in [0.3, 0.4) is 0 Å². The lowest BCUT2D eigenvalue weighted by Crippen LogP contribution is -2.62. The number of rotatable bonds is 3. The van der Waals surface area contributed by atoms with E-state index in [1.165, 1.54) is 126 Å². The van der Waals surface area contributed by atoms with Gasteiger partial charge in [-0.25, -0.2) is 0 Å². The molecular formula is C58H65BN2. The van der Waals surface area contributed by atoms with Crippen LogP contribution in [0.1, 0.15) is 141 Å². The maximum atomic E-state index is 2.69. The molecule has 0 fully saturated rings. The van der Waals surface area contributed by atoms with Crippen molar-refractivity contribution < 1.29 is 0 Å². The highest BCUT2D eigenvalue weighted by Gasteiger charge is 2.47. The number of anilines is 6. The highest BCUT2D eigenvalue weighted by molar-refractivity contribution is 7.00. The fourth-order valence-electron chi connectivity index (χ4n) is 11.6. The maximum absolute atomic E-state index is 2.69. The minimum Gasteiger partial charge on any atom is -0.311 e. The van der Waals surface area contributed by atoms with Crippen molar-refractivity contribution in [2.24, 2.45) is 0 Å². The van der Waals surface area contributed by atoms with Crippen molar-refractivity contribution in [1.29, 1.82) is 0 Å². The molecule has 6 aromatic carbocycles. The Morgan fingerprint density at radius 3 is 1.64 bits per heavy atom. The van der Waals surface area contributed by atoms with Gasteiger partial charge in [0.1, 0.15) is 0 Å². The van der Waals surface area contributed by atoms with Gasteiger partial charge in [-0.2, -0.15) is 0 Å². The topological polar surface area (TPSA) is 6.48 Å². The van der Waals surface area contributed by atoms with Crippen LogP contribution in [0.5, 0.6) is 0 Å². The van der Waals surface area contributed by atoms with Crippen molar-refractivity contribution in [3.63, 3.8) is 0 Å². The molecule has 0 radical (unpaired) electrons. The molecule has 0 saturated heterocycles. The van der Waals surface area contributed by atoms with E-state index in [1.54, 1.807) is 0 Å². The molecule has 61 heavy (non-hydrogen) atoms. The van der Waals surface area contributed by atoms with Crippen LogP contribution in [0.15, 0.2) is 109 Å². The fourth-order valence-corrected chi connectivity index (χ4v) is 11.6. The average molecular weight is 801 g/mol. The standard InChI is InChI=1S/C58H65BN2/c1-36-29-51-53-52(30-36)61(48-24-20-40(31-37(48)2)54(3,4)5)49-23-19-39(38-17-15-14-16-18-38)32-46(49)59(53)47-34-44-45(58(12,13)28-27-57(44,10)11)35-50(47)60(51)41-21-22-42-43(33-41)56(8,9)26-25-55(42,6)7/h14-24,29-35H,25-28H2,1-13H3. The summed E-state index contributed by atoms with van der Waals surface area (Å²) < 4.78 is 0. The molecule has 4 aliphatic rings. The smallest absolute Gasteiger partial charge is 0.252 e. The van der Waals surface area contributed by atoms with E-state index in [4.69, 9.17) is 0 Å². The van der Waals surface area contributed by atoms with Crippen LogP contribution < -0.4 is 26.2 Å². The van der Waals surface area contributed by atoms with E-state index in [2.05, 4.69) is 209 Å². The Kier molecular flexibility index (Phi) is 8.70. The Labute approximate surface area is 367 Å². The summed E-state index contributed by atoms with van der Waals surface area (Å²) in [6, 6.07) is 43.3. The first-order chi connectivity index (χ1) is 28.7. The molecule has 0 bridgehead atoms. The zero-order valence-electron chi connectivity index (χ0n) is 39.2. The highest BCUT2D eigenvalue weighted by Crippen LogP contribution is 2.53. The first-order valence-corrected chi connectivity index (χ1v) is 23.1. The summed E-state index contributed by atoms with van der Waals surface area (Å²) in [4.78, 5) is 5.30. The average Bonchev–Trinajstić information content (AvgIpc) is 3.20. The summed E-state index contributed by atoms with van der Waals surface area (Å²) in [6.45, 7) is 31.4. The van der Waals surface area contributed by atoms with Crippen LogP contribution in [0.2, 0.25) is 0 Å². The monoisotopic (exact) mass is 801 g/mol. The van der Waals surface area contributed by atoms with E-state index in [0.29, 0.717) is 0 Å². The first-order valence-electron chi connectivity index (χ1n) is 23.1. The molecule has 0 amide bonds. The van der Waals surface area contributed by atoms with Crippen molar-refractivity contribution in [3.05, 3.63) is 148 Å². The number of nitrogens with zero attached hydrogens (tertiary/aromatic N) is 2. The molecule has 0 unspecified atom stereocenters. The van der Waals surface area contributed by atoms with Gasteiger partial charge in [-0.3, -0.25) is 0 Å². The second-order valence-corrected chi connectivity index (χ2v) is 22.9. The second kappa shape index (κ2) is 13.2. The normalized spacial score (nSPS) is 18.7. The fraction of sp³-hybridized carbons (Fsp3) is 0.379. The highest BCUT2D eigenvalue weighted by atomic mass is 15.2. The van der Waals surface area contributed by atoms with E-state index < -0.39 is 0 Å². The zero-order valence-corrected chi connectivity index (χ0v) is 39.2. The Balaban J connectivity index is 1.32. The molecule has 10 rings (SSSR count). The molecule has 2 heterocycles. The van der Waals surface area contributed by atoms with Crippen LogP contribution in [0, 0.1) is 13.8 Å². The van der Waals surface area contributed by atoms with E-state index in [-0.39, 0.29) is 33.8 Å². The molecule has 3 heteroatoms. The van der Waals surface area contributed by atoms with Crippen LogP contribution in [-0.4, -0.2) is 6.71 Å². The third-order valence-corrected chi connectivity index (χ3v) is 15.7. The Hall–Kier alpha value is -5.02. The van der Waals surface area contributed by atoms with Gasteiger partial charge in [-0.1, -0.05) is 143 Å². The molecule has 6 aromatic rings. The molecule has 0 atom stereocenters. The van der Waals surface area contributed by atoms with Crippen LogP contribution in [0.25, 0.3) is 11.1 Å². The van der Waals surface area contributed by atoms with Crippen LogP contribution >= 0.6 is 0 Å². The lowest BCUT2D eigenvalue weighted by Gasteiger charge is -2.48. The molecule has 0 aromatic heterocycles. The van der Waals surface area contributed by atoms with Gasteiger partial charge < -0.3 is 9.80 Å². The zero-order chi connectivity index (χ0) is 43.2. The quantitative estimate of drug-likeness (QED) is 0.164. The molecule has 310 valence electrons. The van der Waals surface area contributed by atoms with Gasteiger partial charge >= 0.3 is 0 Å². The Morgan fingerprint density at radius 1 is 0.459 bits per heavy atom. The maximum Gasteiger partial charge on any atom is 0.252 e. The van der Waals surface area contributed by atoms with Crippen molar-refractivity contribution in [2.45, 2.75) is 143 Å². The van der Waals surface area contributed by atoms with Crippen molar-refractivity contribution in [3.8, 4) is 11.1 Å². The summed E-state index contributed by atoms with van der Waals surface area (Å²) in [5, 5.41) is 0. The number of aryl methyl sites for hydroxylation is 2. The Bertz CT molecular complexity index is 2780. The molecule has 0 N–H and O–H groups in total. The van der Waals surface area contributed by atoms with Crippen LogP contribution in [-0.2, 0) is 27.1 Å². The Morgan fingerprint density at radius 2 is 1.02 bits per heavy atom. The van der Waals surface area contributed by atoms with Crippen LogP contribution in [0.4, 0.5) is 34.1 Å². The lowest BCUT2D eigenvalue weighted by molar-refractivity contribution is 0.332. The number of hydrogen-bond donors (Lipinski definition) is 0. The summed E-state index contributed by atoms with van der Waals surface area (Å²) in [6.07, 6.45) is 4.76. The van der Waals surface area contributed by atoms with Gasteiger partial charge in [0.05, 0.1) is 0 Å². The SMILES string of the molecule is Cc1cc2c3c(c1)N(c1ccc(C(C)(C)C)cc1C)c1ccc(-c4ccccc4)cc1B3c1cc3c(cc1N2c1ccc2c(c1)C(C)(C)CCC2(C)C)C(C)(C)CCC3(C)C. The van der Waals surface area contributed by atoms with Gasteiger partial charge in [0, 0.05) is 34.1 Å². The largest absolute Gasteiger partial charge is 0.311 e. The number of fused-ring (bicyclic) bond motifs is 6. The minimum atomic E-state index is 0.0556. The van der Waals surface area contributed by atoms with Gasteiger partial charge in [-0.15, -0.1) is 0 Å². The minimum absolute atomic E-state index is 0.0556. The molecule has 0 spiro atoms. The third-order valence-electron chi connectivity index (χ3n) is 15.7. The van der Waals surface area contributed by atoms with E-state index in [9.17, 15) is 0 Å². The number of benzene rings is 6. The van der Waals surface area contributed by atoms with Gasteiger partial charge in [0.2, 0.25) is 0 Å². The number of hydrogen-bond acceptors (Lipinski definition) is 2. The van der Waals surface area contributed by atoms with Crippen molar-refractivity contribution >= 4 is 57.2 Å². The summed E-state index contributed by atoms with van der Waals surface area (Å²) in [5.74, 6) is 0. The van der Waals surface area contributed by atoms with E-state index >= 15 is 0 Å². The lowest BCUT2D eigenvalue weighted by atomic mass is 9.33. The third kappa shape index (κ3) is 6.18. The first kappa shape index (κ1) is 40.1. The molecule has 2 aliphatic carbocycles. The van der Waals surface area contributed by atoms with Crippen molar-refractivity contribution in [1.82, 2.24) is 0 Å². The predicted molar refractivity (Wildman–Crippen MR) is 265 cm³/mol. The summed E-state index contributed by atoms with van der Waals surface area (Å²) in [7, 11) is 0. The molecular weight excluding hydrogens is 735 g/mol. The predicted octanol–water partition coefficient (Wildman–Crippen LogP) is 14.0.